The first-order chi connectivity index (χ1) is 10.1. The molecule has 22 heavy (non-hydrogen) atoms. The van der Waals surface area contributed by atoms with Crippen LogP contribution in [0.3, 0.4) is 0 Å². The second-order valence-corrected chi connectivity index (χ2v) is 7.32. The molecular formula is C14H18F3NO3S. The van der Waals surface area contributed by atoms with Crippen LogP contribution in [-0.2, 0) is 22.9 Å². The summed E-state index contributed by atoms with van der Waals surface area (Å²) in [4.78, 5) is 0. The van der Waals surface area contributed by atoms with Gasteiger partial charge in [-0.3, -0.25) is 0 Å². The molecule has 0 amide bonds. The van der Waals surface area contributed by atoms with Gasteiger partial charge in [-0.2, -0.15) is 13.2 Å². The first-order valence-corrected chi connectivity index (χ1v) is 8.61. The third-order valence-electron chi connectivity index (χ3n) is 3.33. The van der Waals surface area contributed by atoms with Crippen LogP contribution in [0, 0.1) is 0 Å². The summed E-state index contributed by atoms with van der Waals surface area (Å²) in [5.41, 5.74) is 2.00. The lowest BCUT2D eigenvalue weighted by Gasteiger charge is -2.15. The Morgan fingerprint density at radius 1 is 1.36 bits per heavy atom. The van der Waals surface area contributed by atoms with E-state index in [-0.39, 0.29) is 0 Å². The smallest absolute Gasteiger partial charge is 0.390 e. The second kappa shape index (κ2) is 6.45. The molecule has 1 unspecified atom stereocenters. The van der Waals surface area contributed by atoms with E-state index in [4.69, 9.17) is 4.74 Å². The number of halogens is 3. The highest BCUT2D eigenvalue weighted by atomic mass is 32.2. The van der Waals surface area contributed by atoms with Crippen molar-refractivity contribution in [1.29, 1.82) is 0 Å². The van der Waals surface area contributed by atoms with E-state index < -0.39 is 34.4 Å². The molecule has 0 aliphatic carbocycles. The molecule has 0 fully saturated rings. The fourth-order valence-electron chi connectivity index (χ4n) is 2.38. The first-order valence-electron chi connectivity index (χ1n) is 6.96. The molecule has 8 heteroatoms. The summed E-state index contributed by atoms with van der Waals surface area (Å²) in [6.45, 7) is 2.27. The van der Waals surface area contributed by atoms with Crippen molar-refractivity contribution >= 4 is 10.0 Å². The molecule has 2 rings (SSSR count). The van der Waals surface area contributed by atoms with Gasteiger partial charge in [-0.1, -0.05) is 12.1 Å². The largest absolute Gasteiger partial charge is 0.493 e. The first kappa shape index (κ1) is 17.1. The Labute approximate surface area is 127 Å². The molecule has 1 aromatic carbocycles. The van der Waals surface area contributed by atoms with E-state index in [0.29, 0.717) is 13.0 Å². The quantitative estimate of drug-likeness (QED) is 0.867. The number of hydrogen-bond donors (Lipinski definition) is 1. The Hall–Kier alpha value is -1.28. The zero-order valence-corrected chi connectivity index (χ0v) is 12.9. The second-order valence-electron chi connectivity index (χ2n) is 5.45. The van der Waals surface area contributed by atoms with E-state index >= 15 is 0 Å². The zero-order valence-electron chi connectivity index (χ0n) is 12.1. The molecule has 0 saturated carbocycles. The molecule has 124 valence electrons. The number of rotatable bonds is 6. The molecule has 0 aromatic heterocycles. The summed E-state index contributed by atoms with van der Waals surface area (Å²) < 4.78 is 67.2. The van der Waals surface area contributed by atoms with E-state index in [0.717, 1.165) is 23.3 Å². The maximum absolute atomic E-state index is 12.1. The van der Waals surface area contributed by atoms with Crippen LogP contribution in [0.2, 0.25) is 0 Å². The minimum Gasteiger partial charge on any atom is -0.493 e. The molecule has 1 aliphatic heterocycles. The zero-order chi connectivity index (χ0) is 16.4. The van der Waals surface area contributed by atoms with Gasteiger partial charge >= 0.3 is 6.18 Å². The van der Waals surface area contributed by atoms with Crippen LogP contribution in [0.1, 0.15) is 24.5 Å². The van der Waals surface area contributed by atoms with Crippen molar-refractivity contribution in [2.75, 3.05) is 12.4 Å². The number of sulfonamides is 1. The van der Waals surface area contributed by atoms with E-state index in [1.807, 2.05) is 18.2 Å². The monoisotopic (exact) mass is 337 g/mol. The summed E-state index contributed by atoms with van der Waals surface area (Å²) in [5, 5.41) is 0. The third-order valence-corrected chi connectivity index (χ3v) is 4.83. The van der Waals surface area contributed by atoms with Gasteiger partial charge in [0.05, 0.1) is 18.8 Å². The van der Waals surface area contributed by atoms with E-state index in [1.54, 1.807) is 6.92 Å². The molecule has 0 saturated heterocycles. The molecule has 1 atom stereocenters. The maximum atomic E-state index is 12.1. The van der Waals surface area contributed by atoms with Crippen molar-refractivity contribution in [3.63, 3.8) is 0 Å². The van der Waals surface area contributed by atoms with Crippen LogP contribution >= 0.6 is 0 Å². The number of nitrogens with one attached hydrogen (secondary N) is 1. The lowest BCUT2D eigenvalue weighted by Crippen LogP contribution is -2.36. The minimum absolute atomic E-state index is 0.415. The van der Waals surface area contributed by atoms with Crippen LogP contribution in [-0.4, -0.2) is 33.0 Å². The van der Waals surface area contributed by atoms with E-state index in [9.17, 15) is 21.6 Å². The van der Waals surface area contributed by atoms with Gasteiger partial charge in [0.2, 0.25) is 10.0 Å². The van der Waals surface area contributed by atoms with Gasteiger partial charge in [-0.15, -0.1) is 0 Å². The van der Waals surface area contributed by atoms with Gasteiger partial charge in [-0.25, -0.2) is 13.1 Å². The topological polar surface area (TPSA) is 55.4 Å². The lowest BCUT2D eigenvalue weighted by molar-refractivity contribution is -0.130. The molecule has 1 N–H and O–H groups in total. The lowest BCUT2D eigenvalue weighted by atomic mass is 10.0. The highest BCUT2D eigenvalue weighted by Crippen LogP contribution is 2.26. The Balaban J connectivity index is 1.91. The maximum Gasteiger partial charge on any atom is 0.390 e. The number of benzene rings is 1. The van der Waals surface area contributed by atoms with Gasteiger partial charge in [0.15, 0.2) is 0 Å². The highest BCUT2D eigenvalue weighted by Gasteiger charge is 2.30. The van der Waals surface area contributed by atoms with Crippen LogP contribution < -0.4 is 9.46 Å². The van der Waals surface area contributed by atoms with Gasteiger partial charge in [0, 0.05) is 12.5 Å². The fourth-order valence-corrected chi connectivity index (χ4v) is 3.69. The van der Waals surface area contributed by atoms with Crippen LogP contribution in [0.25, 0.3) is 0 Å². The number of ether oxygens (including phenoxy) is 1. The standard InChI is InChI=1S/C14H18F3NO3S/c1-10(18-22(19,20)7-5-14(15,16)17)8-11-2-3-13-12(9-11)4-6-21-13/h2-3,9-10,18H,4-8H2,1H3. The summed E-state index contributed by atoms with van der Waals surface area (Å²) in [6.07, 6.45) is -4.59. The van der Waals surface area contributed by atoms with Crippen molar-refractivity contribution in [2.45, 2.75) is 38.4 Å². The number of alkyl halides is 3. The summed E-state index contributed by atoms with van der Waals surface area (Å²) in [6, 6.07) is 5.15. The average Bonchev–Trinajstić information content (AvgIpc) is 2.82. The number of fused-ring (bicyclic) bond motifs is 1. The van der Waals surface area contributed by atoms with Crippen molar-refractivity contribution in [1.82, 2.24) is 4.72 Å². The summed E-state index contributed by atoms with van der Waals surface area (Å²) in [5.74, 6) is -0.110. The Morgan fingerprint density at radius 2 is 2.09 bits per heavy atom. The molecule has 0 spiro atoms. The van der Waals surface area contributed by atoms with Crippen LogP contribution in [0.5, 0.6) is 5.75 Å². The Morgan fingerprint density at radius 3 is 2.77 bits per heavy atom. The predicted octanol–water partition coefficient (Wildman–Crippen LogP) is 2.42. The van der Waals surface area contributed by atoms with E-state index in [2.05, 4.69) is 4.72 Å². The van der Waals surface area contributed by atoms with Gasteiger partial charge in [-0.05, 0) is 30.5 Å². The van der Waals surface area contributed by atoms with Crippen LogP contribution in [0.4, 0.5) is 13.2 Å². The molecule has 1 heterocycles. The fraction of sp³-hybridized carbons (Fsp3) is 0.571. The van der Waals surface area contributed by atoms with Crippen molar-refractivity contribution in [3.8, 4) is 5.75 Å². The molecule has 0 bridgehead atoms. The molecule has 1 aromatic rings. The Bertz CT molecular complexity index is 629. The molecular weight excluding hydrogens is 319 g/mol. The van der Waals surface area contributed by atoms with Crippen molar-refractivity contribution in [3.05, 3.63) is 29.3 Å². The molecule has 1 aliphatic rings. The predicted molar refractivity (Wildman–Crippen MR) is 76.4 cm³/mol. The minimum atomic E-state index is -4.47. The Kier molecular flexibility index (Phi) is 5.01. The highest BCUT2D eigenvalue weighted by molar-refractivity contribution is 7.89. The van der Waals surface area contributed by atoms with Gasteiger partial charge in [0.25, 0.3) is 0 Å². The van der Waals surface area contributed by atoms with E-state index in [1.165, 1.54) is 0 Å². The summed E-state index contributed by atoms with van der Waals surface area (Å²) in [7, 11) is -3.94. The van der Waals surface area contributed by atoms with Crippen LogP contribution in [0.15, 0.2) is 18.2 Å². The summed E-state index contributed by atoms with van der Waals surface area (Å²) >= 11 is 0. The van der Waals surface area contributed by atoms with Crippen molar-refractivity contribution in [2.24, 2.45) is 0 Å². The van der Waals surface area contributed by atoms with Gasteiger partial charge in [0.1, 0.15) is 5.75 Å². The average molecular weight is 337 g/mol. The van der Waals surface area contributed by atoms with Crippen molar-refractivity contribution < 1.29 is 26.3 Å². The SMILES string of the molecule is CC(Cc1ccc2c(c1)CCO2)NS(=O)(=O)CCC(F)(F)F. The normalized spacial score (nSPS) is 16.2. The molecule has 0 radical (unpaired) electrons. The third kappa shape index (κ3) is 5.17. The number of hydrogen-bond acceptors (Lipinski definition) is 3. The van der Waals surface area contributed by atoms with Gasteiger partial charge < -0.3 is 4.74 Å². The molecule has 4 nitrogen and oxygen atoms in total.